The second kappa shape index (κ2) is 10.1. The van der Waals surface area contributed by atoms with Crippen LogP contribution in [0.5, 0.6) is 0 Å². The lowest BCUT2D eigenvalue weighted by Gasteiger charge is -2.29. The molecule has 0 radical (unpaired) electrons. The molecule has 6 rings (SSSR count). The maximum absolute atomic E-state index is 13.4. The maximum Gasteiger partial charge on any atom is 0.327 e. The SMILES string of the molecule is Nc1ncc(-c2nc(N3CCOCC3)nc3c2CCN3C(=O)Nc2ccc(N3CCOCC3)cc2)cn1. The second-order valence-corrected chi connectivity index (χ2v) is 9.08. The van der Waals surface area contributed by atoms with Crippen molar-refractivity contribution in [2.45, 2.75) is 6.42 Å². The summed E-state index contributed by atoms with van der Waals surface area (Å²) in [6.45, 7) is 6.24. The zero-order chi connectivity index (χ0) is 25.2. The van der Waals surface area contributed by atoms with Crippen LogP contribution in [0.1, 0.15) is 5.56 Å². The van der Waals surface area contributed by atoms with Crippen LogP contribution in [0, 0.1) is 0 Å². The number of morpholine rings is 2. The van der Waals surface area contributed by atoms with Gasteiger partial charge in [0.1, 0.15) is 5.82 Å². The van der Waals surface area contributed by atoms with Crippen LogP contribution in [0.3, 0.4) is 0 Å². The third-order valence-electron chi connectivity index (χ3n) is 6.79. The van der Waals surface area contributed by atoms with Crippen LogP contribution >= 0.6 is 0 Å². The van der Waals surface area contributed by atoms with Crippen molar-refractivity contribution in [1.82, 2.24) is 19.9 Å². The second-order valence-electron chi connectivity index (χ2n) is 9.08. The molecule has 3 aliphatic rings. The van der Waals surface area contributed by atoms with Gasteiger partial charge in [-0.1, -0.05) is 0 Å². The number of ether oxygens (including phenoxy) is 2. The van der Waals surface area contributed by atoms with Gasteiger partial charge in [0.05, 0.1) is 32.1 Å². The third kappa shape index (κ3) is 4.85. The first-order chi connectivity index (χ1) is 18.2. The number of hydrogen-bond acceptors (Lipinski definition) is 10. The number of rotatable bonds is 4. The first-order valence-corrected chi connectivity index (χ1v) is 12.5. The van der Waals surface area contributed by atoms with Gasteiger partial charge in [0.15, 0.2) is 0 Å². The summed E-state index contributed by atoms with van der Waals surface area (Å²) >= 11 is 0. The molecule has 2 fully saturated rings. The highest BCUT2D eigenvalue weighted by atomic mass is 16.5. The lowest BCUT2D eigenvalue weighted by atomic mass is 10.1. The van der Waals surface area contributed by atoms with Gasteiger partial charge < -0.3 is 30.3 Å². The number of carbonyl (C=O) groups excluding carboxylic acids is 1. The normalized spacial score (nSPS) is 17.6. The molecule has 192 valence electrons. The molecule has 0 bridgehead atoms. The average Bonchev–Trinajstić information content (AvgIpc) is 3.39. The predicted molar refractivity (Wildman–Crippen MR) is 140 cm³/mol. The molecular weight excluding hydrogens is 474 g/mol. The Labute approximate surface area is 214 Å². The van der Waals surface area contributed by atoms with Gasteiger partial charge in [0.2, 0.25) is 11.9 Å². The third-order valence-corrected chi connectivity index (χ3v) is 6.79. The van der Waals surface area contributed by atoms with Crippen molar-refractivity contribution in [3.63, 3.8) is 0 Å². The quantitative estimate of drug-likeness (QED) is 0.542. The summed E-state index contributed by atoms with van der Waals surface area (Å²) < 4.78 is 10.9. The van der Waals surface area contributed by atoms with Crippen molar-refractivity contribution < 1.29 is 14.3 Å². The van der Waals surface area contributed by atoms with Crippen LogP contribution in [0.15, 0.2) is 36.7 Å². The highest BCUT2D eigenvalue weighted by molar-refractivity contribution is 6.03. The number of hydrogen-bond donors (Lipinski definition) is 2. The van der Waals surface area contributed by atoms with Crippen LogP contribution < -0.4 is 25.8 Å². The number of aromatic nitrogens is 4. The van der Waals surface area contributed by atoms with E-state index >= 15 is 0 Å². The molecule has 3 aromatic rings. The Morgan fingerprint density at radius 1 is 0.865 bits per heavy atom. The molecule has 0 saturated carbocycles. The summed E-state index contributed by atoms with van der Waals surface area (Å²) in [5.41, 5.74) is 9.90. The van der Waals surface area contributed by atoms with Gasteiger partial charge in [-0.2, -0.15) is 4.98 Å². The molecule has 37 heavy (non-hydrogen) atoms. The predicted octanol–water partition coefficient (Wildman–Crippen LogP) is 1.78. The van der Waals surface area contributed by atoms with E-state index in [1.165, 1.54) is 0 Å². The van der Waals surface area contributed by atoms with Gasteiger partial charge in [-0.15, -0.1) is 0 Å². The molecule has 5 heterocycles. The van der Waals surface area contributed by atoms with Crippen molar-refractivity contribution >= 4 is 35.1 Å². The zero-order valence-electron chi connectivity index (χ0n) is 20.5. The van der Waals surface area contributed by atoms with Crippen LogP contribution in [-0.2, 0) is 15.9 Å². The summed E-state index contributed by atoms with van der Waals surface area (Å²) in [7, 11) is 0. The van der Waals surface area contributed by atoms with E-state index in [4.69, 9.17) is 25.2 Å². The minimum atomic E-state index is -0.232. The molecule has 2 saturated heterocycles. The van der Waals surface area contributed by atoms with Crippen molar-refractivity contribution in [2.24, 2.45) is 0 Å². The van der Waals surface area contributed by atoms with Crippen molar-refractivity contribution in [1.29, 1.82) is 0 Å². The smallest absolute Gasteiger partial charge is 0.327 e. The molecule has 3 aliphatic heterocycles. The Bertz CT molecular complexity index is 1260. The summed E-state index contributed by atoms with van der Waals surface area (Å²) in [5.74, 6) is 1.36. The monoisotopic (exact) mass is 503 g/mol. The number of urea groups is 1. The number of fused-ring (bicyclic) bond motifs is 1. The molecule has 0 unspecified atom stereocenters. The van der Waals surface area contributed by atoms with E-state index in [-0.39, 0.29) is 12.0 Å². The highest BCUT2D eigenvalue weighted by Crippen LogP contribution is 2.36. The fourth-order valence-electron chi connectivity index (χ4n) is 4.81. The molecule has 0 atom stereocenters. The van der Waals surface area contributed by atoms with E-state index in [9.17, 15) is 4.79 Å². The number of carbonyl (C=O) groups is 1. The molecule has 12 nitrogen and oxygen atoms in total. The fourth-order valence-corrected chi connectivity index (χ4v) is 4.81. The molecule has 0 aliphatic carbocycles. The first kappa shape index (κ1) is 23.4. The molecule has 2 aromatic heterocycles. The fraction of sp³-hybridized carbons (Fsp3) is 0.400. The molecule has 3 N–H and O–H groups in total. The minimum absolute atomic E-state index is 0.198. The van der Waals surface area contributed by atoms with Gasteiger partial charge in [-0.3, -0.25) is 4.90 Å². The molecular formula is C25H29N9O3. The zero-order valence-corrected chi connectivity index (χ0v) is 20.5. The lowest BCUT2D eigenvalue weighted by Crippen LogP contribution is -2.38. The lowest BCUT2D eigenvalue weighted by molar-refractivity contribution is 0.122. The number of benzene rings is 1. The average molecular weight is 504 g/mol. The topological polar surface area (TPSA) is 135 Å². The Hall–Kier alpha value is -4.03. The van der Waals surface area contributed by atoms with Crippen LogP contribution in [-0.4, -0.2) is 85.1 Å². The molecule has 2 amide bonds. The van der Waals surface area contributed by atoms with Gasteiger partial charge in [-0.05, 0) is 30.7 Å². The Morgan fingerprint density at radius 2 is 1.51 bits per heavy atom. The number of nitrogen functional groups attached to an aromatic ring is 1. The summed E-state index contributed by atoms with van der Waals surface area (Å²) in [5, 5.41) is 3.03. The number of nitrogens with zero attached hydrogens (tertiary/aromatic N) is 7. The van der Waals surface area contributed by atoms with Crippen molar-refractivity contribution in [3.05, 3.63) is 42.2 Å². The Balaban J connectivity index is 1.27. The maximum atomic E-state index is 13.4. The van der Waals surface area contributed by atoms with Crippen LogP contribution in [0.4, 0.5) is 33.9 Å². The number of amides is 2. The standard InChI is InChI=1S/C25H29N9O3/c26-23-27-15-17(16-28-23)21-20-5-6-34(22(20)31-24(30-21)33-9-13-37-14-10-33)25(35)29-18-1-3-19(4-2-18)32-7-11-36-12-8-32/h1-4,15-16H,5-14H2,(H,29,35)(H2,26,27,28). The van der Waals surface area contributed by atoms with Gasteiger partial charge in [-0.25, -0.2) is 19.7 Å². The van der Waals surface area contributed by atoms with Crippen molar-refractivity contribution in [3.8, 4) is 11.3 Å². The van der Waals surface area contributed by atoms with Gasteiger partial charge in [0, 0.05) is 67.6 Å². The van der Waals surface area contributed by atoms with Crippen LogP contribution in [0.25, 0.3) is 11.3 Å². The van der Waals surface area contributed by atoms with E-state index in [0.717, 1.165) is 54.5 Å². The van der Waals surface area contributed by atoms with E-state index in [0.29, 0.717) is 51.0 Å². The van der Waals surface area contributed by atoms with Crippen LogP contribution in [0.2, 0.25) is 0 Å². The summed E-state index contributed by atoms with van der Waals surface area (Å²) in [6.07, 6.45) is 3.95. The number of anilines is 5. The number of nitrogens with two attached hydrogens (primary N) is 1. The largest absolute Gasteiger partial charge is 0.378 e. The van der Waals surface area contributed by atoms with E-state index in [2.05, 4.69) is 25.1 Å². The van der Waals surface area contributed by atoms with E-state index in [1.54, 1.807) is 17.3 Å². The van der Waals surface area contributed by atoms with Crippen molar-refractivity contribution in [2.75, 3.05) is 84.9 Å². The van der Waals surface area contributed by atoms with E-state index in [1.807, 2.05) is 24.3 Å². The van der Waals surface area contributed by atoms with Gasteiger partial charge >= 0.3 is 6.03 Å². The van der Waals surface area contributed by atoms with Gasteiger partial charge in [0.25, 0.3) is 0 Å². The van der Waals surface area contributed by atoms with E-state index < -0.39 is 0 Å². The highest BCUT2D eigenvalue weighted by Gasteiger charge is 2.32. The molecule has 12 heteroatoms. The Kier molecular flexibility index (Phi) is 6.41. The molecule has 1 aromatic carbocycles. The summed E-state index contributed by atoms with van der Waals surface area (Å²) in [4.78, 5) is 37.4. The minimum Gasteiger partial charge on any atom is -0.378 e. The Morgan fingerprint density at radius 3 is 2.19 bits per heavy atom. The first-order valence-electron chi connectivity index (χ1n) is 12.5. The summed E-state index contributed by atoms with van der Waals surface area (Å²) in [6, 6.07) is 7.67. The number of nitrogens with one attached hydrogen (secondary N) is 1. The molecule has 0 spiro atoms.